The number of hydrogen-bond donors (Lipinski definition) is 1. The number of carbonyl (C=O) groups is 2. The van der Waals surface area contributed by atoms with Crippen molar-refractivity contribution in [2.24, 2.45) is 0 Å². The minimum atomic E-state index is -0.425. The number of nitrogens with one attached hydrogen (secondary N) is 1. The zero-order valence-corrected chi connectivity index (χ0v) is 12.7. The molecule has 19 heavy (non-hydrogen) atoms. The van der Waals surface area contributed by atoms with Gasteiger partial charge in [-0.25, -0.2) is 0 Å². The highest BCUT2D eigenvalue weighted by Crippen LogP contribution is 2.28. The van der Waals surface area contributed by atoms with Gasteiger partial charge in [-0.15, -0.1) is 11.3 Å². The Morgan fingerprint density at radius 1 is 1.37 bits per heavy atom. The van der Waals surface area contributed by atoms with Gasteiger partial charge in [0.1, 0.15) is 0 Å². The topological polar surface area (TPSA) is 49.4 Å². The lowest BCUT2D eigenvalue weighted by molar-refractivity contribution is -0.140. The number of nitrogens with zero attached hydrogens (tertiary/aromatic N) is 1. The summed E-state index contributed by atoms with van der Waals surface area (Å²) in [6.07, 6.45) is 0.237. The van der Waals surface area contributed by atoms with Crippen LogP contribution >= 0.6 is 22.9 Å². The van der Waals surface area contributed by atoms with Crippen molar-refractivity contribution in [3.63, 3.8) is 0 Å². The quantitative estimate of drug-likeness (QED) is 0.870. The van der Waals surface area contributed by atoms with Crippen molar-refractivity contribution in [1.82, 2.24) is 10.2 Å². The van der Waals surface area contributed by atoms with Gasteiger partial charge >= 0.3 is 0 Å². The Morgan fingerprint density at radius 2 is 2.05 bits per heavy atom. The first kappa shape index (κ1) is 14.5. The summed E-state index contributed by atoms with van der Waals surface area (Å²) >= 11 is 7.38. The number of imide groups is 1. The van der Waals surface area contributed by atoms with E-state index in [1.165, 1.54) is 16.2 Å². The van der Waals surface area contributed by atoms with Gasteiger partial charge in [-0.1, -0.05) is 11.6 Å². The van der Waals surface area contributed by atoms with Gasteiger partial charge in [0.25, 0.3) is 0 Å². The summed E-state index contributed by atoms with van der Waals surface area (Å²) in [5.74, 6) is -0.233. The monoisotopic (exact) mass is 300 g/mol. The molecule has 1 aromatic rings. The molecule has 2 amide bonds. The summed E-state index contributed by atoms with van der Waals surface area (Å²) in [5.41, 5.74) is 0. The molecule has 2 rings (SSSR count). The van der Waals surface area contributed by atoms with Gasteiger partial charge in [0, 0.05) is 17.0 Å². The van der Waals surface area contributed by atoms with E-state index in [-0.39, 0.29) is 30.3 Å². The summed E-state index contributed by atoms with van der Waals surface area (Å²) in [6, 6.07) is 3.27. The van der Waals surface area contributed by atoms with Crippen LogP contribution in [0.2, 0.25) is 4.34 Å². The standard InChI is InChI=1S/C13H17ClN2O2S/c1-7(2)16-12(17)6-9(13(16)18)15-8(3)10-4-5-11(14)19-10/h4-5,7-9,15H,6H2,1-3H3. The molecule has 1 fully saturated rings. The number of thiophene rings is 1. The highest BCUT2D eigenvalue weighted by atomic mass is 35.5. The van der Waals surface area contributed by atoms with E-state index in [4.69, 9.17) is 11.6 Å². The number of likely N-dealkylation sites (tertiary alicyclic amines) is 1. The number of halogens is 1. The molecular weight excluding hydrogens is 284 g/mol. The van der Waals surface area contributed by atoms with Crippen LogP contribution in [-0.2, 0) is 9.59 Å². The van der Waals surface area contributed by atoms with E-state index in [0.29, 0.717) is 0 Å². The van der Waals surface area contributed by atoms with Gasteiger partial charge in [-0.2, -0.15) is 0 Å². The minimum Gasteiger partial charge on any atom is -0.298 e. The maximum absolute atomic E-state index is 12.1. The fraction of sp³-hybridized carbons (Fsp3) is 0.538. The van der Waals surface area contributed by atoms with Crippen LogP contribution in [0.25, 0.3) is 0 Å². The van der Waals surface area contributed by atoms with Gasteiger partial charge < -0.3 is 0 Å². The van der Waals surface area contributed by atoms with Crippen LogP contribution in [0, 0.1) is 0 Å². The molecule has 2 unspecified atom stereocenters. The maximum atomic E-state index is 12.1. The molecule has 6 heteroatoms. The van der Waals surface area contributed by atoms with Crippen molar-refractivity contribution in [3.8, 4) is 0 Å². The van der Waals surface area contributed by atoms with E-state index in [0.717, 1.165) is 9.21 Å². The fourth-order valence-corrected chi connectivity index (χ4v) is 3.34. The molecule has 0 radical (unpaired) electrons. The Hall–Kier alpha value is -0.910. The third kappa shape index (κ3) is 2.99. The predicted molar refractivity (Wildman–Crippen MR) is 76.3 cm³/mol. The Labute approximate surface area is 121 Å². The number of carbonyl (C=O) groups excluding carboxylic acids is 2. The van der Waals surface area contributed by atoms with E-state index in [2.05, 4.69) is 5.32 Å². The molecule has 0 saturated carbocycles. The number of rotatable bonds is 4. The predicted octanol–water partition coefficient (Wildman–Crippen LogP) is 2.59. The van der Waals surface area contributed by atoms with Crippen LogP contribution in [-0.4, -0.2) is 28.8 Å². The smallest absolute Gasteiger partial charge is 0.247 e. The molecule has 0 spiro atoms. The van der Waals surface area contributed by atoms with Crippen molar-refractivity contribution in [3.05, 3.63) is 21.3 Å². The largest absolute Gasteiger partial charge is 0.298 e. The van der Waals surface area contributed by atoms with Crippen molar-refractivity contribution in [1.29, 1.82) is 0 Å². The molecule has 1 aromatic heterocycles. The SMILES string of the molecule is CC(NC1CC(=O)N(C(C)C)C1=O)c1ccc(Cl)s1. The second-order valence-electron chi connectivity index (χ2n) is 4.98. The van der Waals surface area contributed by atoms with E-state index in [9.17, 15) is 9.59 Å². The van der Waals surface area contributed by atoms with Gasteiger partial charge in [0.15, 0.2) is 0 Å². The van der Waals surface area contributed by atoms with E-state index >= 15 is 0 Å². The van der Waals surface area contributed by atoms with Crippen LogP contribution in [0.4, 0.5) is 0 Å². The highest BCUT2D eigenvalue weighted by Gasteiger charge is 2.40. The molecule has 4 nitrogen and oxygen atoms in total. The molecule has 0 bridgehead atoms. The van der Waals surface area contributed by atoms with Gasteiger partial charge in [0.2, 0.25) is 11.8 Å². The molecule has 1 aliphatic heterocycles. The first-order valence-electron chi connectivity index (χ1n) is 6.27. The molecule has 104 valence electrons. The average molecular weight is 301 g/mol. The summed E-state index contributed by atoms with van der Waals surface area (Å²) < 4.78 is 0.723. The van der Waals surface area contributed by atoms with Crippen LogP contribution in [0.5, 0.6) is 0 Å². The van der Waals surface area contributed by atoms with Crippen LogP contribution in [0.1, 0.15) is 38.1 Å². The molecule has 0 aromatic carbocycles. The van der Waals surface area contributed by atoms with Crippen molar-refractivity contribution in [2.75, 3.05) is 0 Å². The Kier molecular flexibility index (Phi) is 4.28. The molecule has 1 saturated heterocycles. The van der Waals surface area contributed by atoms with Crippen molar-refractivity contribution < 1.29 is 9.59 Å². The summed E-state index contributed by atoms with van der Waals surface area (Å²) in [6.45, 7) is 5.67. The lowest BCUT2D eigenvalue weighted by Crippen LogP contribution is -2.42. The summed E-state index contributed by atoms with van der Waals surface area (Å²) in [4.78, 5) is 26.4. The highest BCUT2D eigenvalue weighted by molar-refractivity contribution is 7.16. The van der Waals surface area contributed by atoms with E-state index in [1.54, 1.807) is 0 Å². The Morgan fingerprint density at radius 3 is 2.53 bits per heavy atom. The third-order valence-corrected chi connectivity index (χ3v) is 4.59. The average Bonchev–Trinajstić information content (AvgIpc) is 2.84. The lowest BCUT2D eigenvalue weighted by atomic mass is 10.2. The van der Waals surface area contributed by atoms with Crippen LogP contribution in [0.3, 0.4) is 0 Å². The number of amides is 2. The van der Waals surface area contributed by atoms with Gasteiger partial charge in [-0.3, -0.25) is 19.8 Å². The molecule has 2 heterocycles. The first-order valence-corrected chi connectivity index (χ1v) is 7.46. The fourth-order valence-electron chi connectivity index (χ4n) is 2.27. The molecule has 2 atom stereocenters. The third-order valence-electron chi connectivity index (χ3n) is 3.17. The second-order valence-corrected chi connectivity index (χ2v) is 6.73. The summed E-state index contributed by atoms with van der Waals surface area (Å²) in [5, 5.41) is 3.21. The van der Waals surface area contributed by atoms with Crippen molar-refractivity contribution >= 4 is 34.8 Å². The van der Waals surface area contributed by atoms with E-state index < -0.39 is 6.04 Å². The molecular formula is C13H17ClN2O2S. The van der Waals surface area contributed by atoms with Crippen LogP contribution in [0.15, 0.2) is 12.1 Å². The van der Waals surface area contributed by atoms with Gasteiger partial charge in [-0.05, 0) is 32.9 Å². The normalized spacial score (nSPS) is 21.5. The first-order chi connectivity index (χ1) is 8.90. The molecule has 1 aliphatic rings. The Bertz CT molecular complexity index is 501. The molecule has 1 N–H and O–H groups in total. The van der Waals surface area contributed by atoms with Gasteiger partial charge in [0.05, 0.1) is 16.8 Å². The zero-order chi connectivity index (χ0) is 14.2. The summed E-state index contributed by atoms with van der Waals surface area (Å²) in [7, 11) is 0. The minimum absolute atomic E-state index is 0.00589. The van der Waals surface area contributed by atoms with Crippen LogP contribution < -0.4 is 5.32 Å². The maximum Gasteiger partial charge on any atom is 0.247 e. The molecule has 0 aliphatic carbocycles. The lowest BCUT2D eigenvalue weighted by Gasteiger charge is -2.20. The zero-order valence-electron chi connectivity index (χ0n) is 11.1. The second kappa shape index (κ2) is 5.61. The van der Waals surface area contributed by atoms with E-state index in [1.807, 2.05) is 32.9 Å². The Balaban J connectivity index is 2.04. The number of hydrogen-bond acceptors (Lipinski definition) is 4. The van der Waals surface area contributed by atoms with Crippen molar-refractivity contribution in [2.45, 2.75) is 45.3 Å².